The molecule has 2 aliphatic heterocycles. The zero-order chi connectivity index (χ0) is 13.8. The number of hydrogen-bond acceptors (Lipinski definition) is 4. The summed E-state index contributed by atoms with van der Waals surface area (Å²) in [6.45, 7) is 6.85. The summed E-state index contributed by atoms with van der Waals surface area (Å²) in [5, 5.41) is 0. The van der Waals surface area contributed by atoms with Gasteiger partial charge in [-0.15, -0.1) is 0 Å². The molecule has 2 aliphatic rings. The Labute approximate surface area is 119 Å². The summed E-state index contributed by atoms with van der Waals surface area (Å²) in [5.41, 5.74) is 0. The Bertz CT molecular complexity index is 437. The molecule has 110 valence electrons. The van der Waals surface area contributed by atoms with Gasteiger partial charge in [0.15, 0.2) is 0 Å². The lowest BCUT2D eigenvalue weighted by molar-refractivity contribution is 0.0296. The number of aromatic nitrogens is 1. The van der Waals surface area contributed by atoms with Crippen LogP contribution in [-0.2, 0) is 4.74 Å². The third-order valence-electron chi connectivity index (χ3n) is 4.16. The molecule has 0 radical (unpaired) electrons. The van der Waals surface area contributed by atoms with E-state index in [0.717, 1.165) is 58.2 Å². The van der Waals surface area contributed by atoms with Crippen molar-refractivity contribution in [1.82, 2.24) is 9.88 Å². The second-order valence-corrected chi connectivity index (χ2v) is 5.69. The molecule has 0 aliphatic carbocycles. The first-order valence-electron chi connectivity index (χ1n) is 7.49. The van der Waals surface area contributed by atoms with Crippen LogP contribution in [0.5, 0.6) is 0 Å². The van der Waals surface area contributed by atoms with E-state index < -0.39 is 5.95 Å². The number of halogens is 1. The highest BCUT2D eigenvalue weighted by atomic mass is 19.1. The van der Waals surface area contributed by atoms with Crippen molar-refractivity contribution in [2.24, 2.45) is 5.92 Å². The van der Waals surface area contributed by atoms with Crippen LogP contribution in [0, 0.1) is 11.9 Å². The first kappa shape index (κ1) is 13.8. The number of rotatable bonds is 3. The summed E-state index contributed by atoms with van der Waals surface area (Å²) in [7, 11) is 0. The average Bonchev–Trinajstić information content (AvgIpc) is 2.49. The Hall–Kier alpha value is -1.20. The van der Waals surface area contributed by atoms with Crippen LogP contribution in [0.3, 0.4) is 0 Å². The summed E-state index contributed by atoms with van der Waals surface area (Å²) in [4.78, 5) is 8.71. The van der Waals surface area contributed by atoms with Gasteiger partial charge in [0.25, 0.3) is 0 Å². The first-order valence-corrected chi connectivity index (χ1v) is 7.49. The molecule has 2 fully saturated rings. The molecule has 0 saturated carbocycles. The summed E-state index contributed by atoms with van der Waals surface area (Å²) >= 11 is 0. The van der Waals surface area contributed by atoms with Crippen LogP contribution in [0.4, 0.5) is 10.2 Å². The molecule has 0 amide bonds. The van der Waals surface area contributed by atoms with Crippen molar-refractivity contribution in [3.05, 3.63) is 24.1 Å². The van der Waals surface area contributed by atoms with Gasteiger partial charge in [-0.05, 0) is 30.9 Å². The van der Waals surface area contributed by atoms with Crippen LogP contribution in [0.2, 0.25) is 0 Å². The van der Waals surface area contributed by atoms with Crippen LogP contribution >= 0.6 is 0 Å². The van der Waals surface area contributed by atoms with E-state index in [1.165, 1.54) is 12.5 Å². The second-order valence-electron chi connectivity index (χ2n) is 5.69. The maximum absolute atomic E-state index is 13.2. The van der Waals surface area contributed by atoms with Crippen LogP contribution in [0.25, 0.3) is 0 Å². The number of hydrogen-bond donors (Lipinski definition) is 0. The number of ether oxygens (including phenoxy) is 1. The minimum absolute atomic E-state index is 0.391. The number of anilines is 1. The lowest BCUT2D eigenvalue weighted by Crippen LogP contribution is -2.44. The zero-order valence-corrected chi connectivity index (χ0v) is 11.8. The van der Waals surface area contributed by atoms with Gasteiger partial charge >= 0.3 is 0 Å². The fourth-order valence-corrected chi connectivity index (χ4v) is 3.14. The van der Waals surface area contributed by atoms with Gasteiger partial charge < -0.3 is 9.64 Å². The van der Waals surface area contributed by atoms with Crippen molar-refractivity contribution in [3.63, 3.8) is 0 Å². The predicted octanol–water partition coefficient (Wildman–Crippen LogP) is 1.77. The topological polar surface area (TPSA) is 28.6 Å². The zero-order valence-electron chi connectivity index (χ0n) is 11.8. The monoisotopic (exact) mass is 279 g/mol. The quantitative estimate of drug-likeness (QED) is 0.789. The summed E-state index contributed by atoms with van der Waals surface area (Å²) in [5.74, 6) is 1.03. The molecule has 1 aromatic rings. The van der Waals surface area contributed by atoms with Gasteiger partial charge in [0, 0.05) is 32.7 Å². The molecule has 2 saturated heterocycles. The highest BCUT2D eigenvalue weighted by Crippen LogP contribution is 2.22. The first-order chi connectivity index (χ1) is 9.81. The van der Waals surface area contributed by atoms with Crippen LogP contribution < -0.4 is 4.90 Å². The lowest BCUT2D eigenvalue weighted by Gasteiger charge is -2.37. The van der Waals surface area contributed by atoms with E-state index in [4.69, 9.17) is 4.74 Å². The van der Waals surface area contributed by atoms with Crippen molar-refractivity contribution in [1.29, 1.82) is 0 Å². The lowest BCUT2D eigenvalue weighted by atomic mass is 9.97. The van der Waals surface area contributed by atoms with Gasteiger partial charge in [-0.1, -0.05) is 6.07 Å². The van der Waals surface area contributed by atoms with Gasteiger partial charge in [-0.25, -0.2) is 4.98 Å². The highest BCUT2D eigenvalue weighted by molar-refractivity contribution is 5.38. The molecule has 5 heteroatoms. The van der Waals surface area contributed by atoms with Crippen LogP contribution in [0.15, 0.2) is 18.2 Å². The predicted molar refractivity (Wildman–Crippen MR) is 76.4 cm³/mol. The van der Waals surface area contributed by atoms with Crippen molar-refractivity contribution in [2.75, 3.05) is 50.8 Å². The van der Waals surface area contributed by atoms with E-state index in [9.17, 15) is 4.39 Å². The Morgan fingerprint density at radius 3 is 2.90 bits per heavy atom. The van der Waals surface area contributed by atoms with Gasteiger partial charge in [0.1, 0.15) is 5.82 Å². The highest BCUT2D eigenvalue weighted by Gasteiger charge is 2.23. The number of nitrogens with zero attached hydrogens (tertiary/aromatic N) is 3. The molecule has 0 aromatic carbocycles. The average molecular weight is 279 g/mol. The molecule has 0 spiro atoms. The second kappa shape index (κ2) is 6.50. The van der Waals surface area contributed by atoms with Crippen molar-refractivity contribution in [2.45, 2.75) is 12.8 Å². The van der Waals surface area contributed by atoms with Crippen LogP contribution in [0.1, 0.15) is 12.8 Å². The van der Waals surface area contributed by atoms with Gasteiger partial charge in [-0.2, -0.15) is 4.39 Å². The van der Waals surface area contributed by atoms with Gasteiger partial charge in [0.05, 0.1) is 13.2 Å². The van der Waals surface area contributed by atoms with E-state index in [0.29, 0.717) is 5.92 Å². The number of piperidine rings is 1. The van der Waals surface area contributed by atoms with E-state index in [-0.39, 0.29) is 0 Å². The normalized spacial score (nSPS) is 24.9. The van der Waals surface area contributed by atoms with Gasteiger partial charge in [0.2, 0.25) is 5.95 Å². The summed E-state index contributed by atoms with van der Waals surface area (Å²) in [6.07, 6.45) is 2.41. The molecular formula is C15H22FN3O. The maximum atomic E-state index is 13.2. The Morgan fingerprint density at radius 1 is 1.25 bits per heavy atom. The summed E-state index contributed by atoms with van der Waals surface area (Å²) in [6, 6.07) is 5.04. The van der Waals surface area contributed by atoms with E-state index in [1.54, 1.807) is 6.07 Å². The third kappa shape index (κ3) is 3.46. The summed E-state index contributed by atoms with van der Waals surface area (Å²) < 4.78 is 18.6. The molecule has 3 rings (SSSR count). The minimum atomic E-state index is -0.391. The molecule has 1 atom stereocenters. The minimum Gasteiger partial charge on any atom is -0.379 e. The molecule has 3 heterocycles. The Balaban J connectivity index is 1.58. The molecule has 1 unspecified atom stereocenters. The van der Waals surface area contributed by atoms with Crippen LogP contribution in [-0.4, -0.2) is 55.8 Å². The number of pyridine rings is 1. The smallest absolute Gasteiger partial charge is 0.214 e. The molecule has 0 bridgehead atoms. The van der Waals surface area contributed by atoms with Crippen molar-refractivity contribution in [3.8, 4) is 0 Å². The standard InChI is InChI=1S/C15H22FN3O/c16-14-4-1-5-15(17-14)19-6-2-3-13(12-19)11-18-7-9-20-10-8-18/h1,4-5,13H,2-3,6-12H2. The maximum Gasteiger partial charge on any atom is 0.214 e. The largest absolute Gasteiger partial charge is 0.379 e. The fourth-order valence-electron chi connectivity index (χ4n) is 3.14. The van der Waals surface area contributed by atoms with E-state index in [1.807, 2.05) is 6.07 Å². The molecule has 1 aromatic heterocycles. The number of morpholine rings is 1. The van der Waals surface area contributed by atoms with E-state index in [2.05, 4.69) is 14.8 Å². The Kier molecular flexibility index (Phi) is 4.47. The fraction of sp³-hybridized carbons (Fsp3) is 0.667. The van der Waals surface area contributed by atoms with E-state index >= 15 is 0 Å². The SMILES string of the molecule is Fc1cccc(N2CCCC(CN3CCOCC3)C2)n1. The third-order valence-corrected chi connectivity index (χ3v) is 4.16. The Morgan fingerprint density at radius 2 is 2.10 bits per heavy atom. The molecule has 20 heavy (non-hydrogen) atoms. The van der Waals surface area contributed by atoms with Crippen molar-refractivity contribution >= 4 is 5.82 Å². The molecule has 0 N–H and O–H groups in total. The molecule has 4 nitrogen and oxygen atoms in total. The molecular weight excluding hydrogens is 257 g/mol. The van der Waals surface area contributed by atoms with Crippen molar-refractivity contribution < 1.29 is 9.13 Å². The van der Waals surface area contributed by atoms with Gasteiger partial charge in [-0.3, -0.25) is 4.90 Å².